The van der Waals surface area contributed by atoms with Crippen LogP contribution >= 0.6 is 22.7 Å². The van der Waals surface area contributed by atoms with Gasteiger partial charge in [0.2, 0.25) is 0 Å². The van der Waals surface area contributed by atoms with E-state index >= 15 is 0 Å². The summed E-state index contributed by atoms with van der Waals surface area (Å²) < 4.78 is 0. The maximum Gasteiger partial charge on any atom is 0.345 e. The monoisotopic (exact) mass is 431 g/mol. The lowest BCUT2D eigenvalue weighted by Gasteiger charge is -1.99. The minimum absolute atomic E-state index is 0.0775. The number of phenols is 1. The van der Waals surface area contributed by atoms with Gasteiger partial charge in [-0.2, -0.15) is 5.26 Å². The fraction of sp³-hybridized carbons (Fsp3) is 0.304. The molecule has 0 radical (unpaired) electrons. The Morgan fingerprint density at radius 1 is 1.03 bits per heavy atom. The first kappa shape index (κ1) is 26.4. The minimum Gasteiger partial charge on any atom is -0.507 e. The normalized spacial score (nSPS) is 8.86. The van der Waals surface area contributed by atoms with E-state index in [-0.39, 0.29) is 16.2 Å². The first-order valence-corrected chi connectivity index (χ1v) is 11.2. The largest absolute Gasteiger partial charge is 0.507 e. The average molecular weight is 432 g/mol. The van der Waals surface area contributed by atoms with Crippen molar-refractivity contribution < 1.29 is 15.0 Å². The molecular formula is C23H29NO3S2. The molecule has 1 aromatic carbocycles. The zero-order valence-corrected chi connectivity index (χ0v) is 19.4. The number of aromatic hydroxyl groups is 1. The number of hydrogen-bond donors (Lipinski definition) is 2. The van der Waals surface area contributed by atoms with Crippen molar-refractivity contribution in [3.8, 4) is 22.3 Å². The Kier molecular flexibility index (Phi) is 13.1. The molecule has 0 aliphatic rings. The maximum absolute atomic E-state index is 10.7. The molecule has 0 saturated carbocycles. The molecule has 2 aromatic heterocycles. The molecule has 0 aliphatic heterocycles. The number of aryl methyl sites for hydroxylation is 2. The van der Waals surface area contributed by atoms with E-state index in [2.05, 4.69) is 26.0 Å². The molecule has 0 fully saturated rings. The van der Waals surface area contributed by atoms with E-state index in [1.807, 2.05) is 45.1 Å². The number of phenolic OH excluding ortho intramolecular Hbond substituents is 1. The van der Waals surface area contributed by atoms with Gasteiger partial charge < -0.3 is 10.2 Å². The van der Waals surface area contributed by atoms with Crippen LogP contribution in [0.1, 0.15) is 59.6 Å². The van der Waals surface area contributed by atoms with Crippen LogP contribution in [0, 0.1) is 18.3 Å². The summed E-state index contributed by atoms with van der Waals surface area (Å²) in [6.07, 6.45) is 1.18. The first-order chi connectivity index (χ1) is 13.9. The van der Waals surface area contributed by atoms with E-state index in [9.17, 15) is 9.90 Å². The van der Waals surface area contributed by atoms with Crippen LogP contribution in [-0.2, 0) is 6.42 Å². The molecule has 0 saturated heterocycles. The standard InChI is InChI=1S/C12H7NO3S.C7H10S.2C2H6/c13-6-8-5-7(1-2-9(8)14)10-3-4-11(17-10)12(15)16;1-3-7-5-4-6(2)8-7;2*1-2/h1-5,14H,(H,15,16);4-5H,3H2,1-2H3;2*1-2H3. The highest BCUT2D eigenvalue weighted by molar-refractivity contribution is 7.17. The summed E-state index contributed by atoms with van der Waals surface area (Å²) in [5.74, 6) is -1.05. The van der Waals surface area contributed by atoms with E-state index < -0.39 is 5.97 Å². The molecule has 0 atom stereocenters. The van der Waals surface area contributed by atoms with Crippen molar-refractivity contribution in [3.63, 3.8) is 0 Å². The number of nitriles is 1. The van der Waals surface area contributed by atoms with Crippen LogP contribution in [0.5, 0.6) is 5.75 Å². The third-order valence-electron chi connectivity index (χ3n) is 3.36. The van der Waals surface area contributed by atoms with E-state index in [0.29, 0.717) is 0 Å². The number of benzene rings is 1. The van der Waals surface area contributed by atoms with Gasteiger partial charge in [0.25, 0.3) is 0 Å². The van der Waals surface area contributed by atoms with Crippen LogP contribution in [0.4, 0.5) is 0 Å². The van der Waals surface area contributed by atoms with Crippen molar-refractivity contribution >= 4 is 28.6 Å². The zero-order valence-electron chi connectivity index (χ0n) is 17.8. The average Bonchev–Trinajstić information content (AvgIpc) is 3.41. The van der Waals surface area contributed by atoms with Crippen LogP contribution in [0.2, 0.25) is 0 Å². The van der Waals surface area contributed by atoms with E-state index in [4.69, 9.17) is 10.4 Å². The number of nitrogens with zero attached hydrogens (tertiary/aromatic N) is 1. The molecule has 3 aromatic rings. The fourth-order valence-corrected chi connectivity index (χ4v) is 3.73. The van der Waals surface area contributed by atoms with E-state index in [1.165, 1.54) is 34.4 Å². The Morgan fingerprint density at radius 3 is 2.10 bits per heavy atom. The molecule has 0 bridgehead atoms. The number of carboxylic acid groups (broad SMARTS) is 1. The second-order valence-corrected chi connectivity index (χ2v) is 7.63. The highest BCUT2D eigenvalue weighted by Gasteiger charge is 2.10. The summed E-state index contributed by atoms with van der Waals surface area (Å²) in [4.78, 5) is 14.6. The highest BCUT2D eigenvalue weighted by atomic mass is 32.1. The lowest BCUT2D eigenvalue weighted by atomic mass is 10.1. The Morgan fingerprint density at radius 2 is 1.69 bits per heavy atom. The van der Waals surface area contributed by atoms with Gasteiger partial charge in [0.15, 0.2) is 0 Å². The molecule has 4 nitrogen and oxygen atoms in total. The molecule has 156 valence electrons. The van der Waals surface area contributed by atoms with Gasteiger partial charge in [-0.3, -0.25) is 0 Å². The van der Waals surface area contributed by atoms with Gasteiger partial charge in [0, 0.05) is 14.6 Å². The van der Waals surface area contributed by atoms with Gasteiger partial charge in [-0.05, 0) is 61.4 Å². The lowest BCUT2D eigenvalue weighted by Crippen LogP contribution is -1.89. The topological polar surface area (TPSA) is 81.3 Å². The third kappa shape index (κ3) is 8.51. The van der Waals surface area contributed by atoms with Crippen LogP contribution in [0.25, 0.3) is 10.4 Å². The molecular weight excluding hydrogens is 402 g/mol. The Hall–Kier alpha value is -2.62. The maximum atomic E-state index is 10.7. The number of carbonyl (C=O) groups is 1. The van der Waals surface area contributed by atoms with Crippen LogP contribution in [0.15, 0.2) is 42.5 Å². The Bertz CT molecular complexity index is 920. The summed E-state index contributed by atoms with van der Waals surface area (Å²) in [6, 6.07) is 14.0. The lowest BCUT2D eigenvalue weighted by molar-refractivity contribution is 0.0702. The van der Waals surface area contributed by atoms with Gasteiger partial charge in [0.05, 0.1) is 5.56 Å². The van der Waals surface area contributed by atoms with Gasteiger partial charge >= 0.3 is 5.97 Å². The van der Waals surface area contributed by atoms with Crippen molar-refractivity contribution in [2.75, 3.05) is 0 Å². The highest BCUT2D eigenvalue weighted by Crippen LogP contribution is 2.31. The van der Waals surface area contributed by atoms with E-state index in [1.54, 1.807) is 12.1 Å². The van der Waals surface area contributed by atoms with Crippen LogP contribution in [0.3, 0.4) is 0 Å². The van der Waals surface area contributed by atoms with Crippen molar-refractivity contribution in [1.82, 2.24) is 0 Å². The smallest absolute Gasteiger partial charge is 0.345 e. The second kappa shape index (κ2) is 14.4. The second-order valence-electron chi connectivity index (χ2n) is 5.18. The summed E-state index contributed by atoms with van der Waals surface area (Å²) in [6.45, 7) is 12.3. The van der Waals surface area contributed by atoms with Crippen LogP contribution < -0.4 is 0 Å². The third-order valence-corrected chi connectivity index (χ3v) is 5.63. The molecule has 6 heteroatoms. The fourth-order valence-electron chi connectivity index (χ4n) is 2.06. The summed E-state index contributed by atoms with van der Waals surface area (Å²) in [5, 5.41) is 27.0. The summed E-state index contributed by atoms with van der Waals surface area (Å²) in [7, 11) is 0. The summed E-state index contributed by atoms with van der Waals surface area (Å²) in [5.41, 5.74) is 0.893. The molecule has 0 amide bonds. The predicted octanol–water partition coefficient (Wildman–Crippen LogP) is 7.36. The first-order valence-electron chi connectivity index (χ1n) is 9.56. The zero-order chi connectivity index (χ0) is 22.4. The van der Waals surface area contributed by atoms with Crippen molar-refractivity contribution in [2.24, 2.45) is 0 Å². The molecule has 0 spiro atoms. The van der Waals surface area contributed by atoms with Crippen molar-refractivity contribution in [1.29, 1.82) is 5.26 Å². The molecule has 2 heterocycles. The minimum atomic E-state index is -0.972. The number of carboxylic acids is 1. The van der Waals surface area contributed by atoms with Gasteiger partial charge in [-0.25, -0.2) is 4.79 Å². The summed E-state index contributed by atoms with van der Waals surface area (Å²) >= 11 is 3.02. The number of rotatable bonds is 3. The molecule has 3 rings (SSSR count). The van der Waals surface area contributed by atoms with E-state index in [0.717, 1.165) is 21.8 Å². The van der Waals surface area contributed by atoms with Gasteiger partial charge in [0.1, 0.15) is 16.7 Å². The number of aromatic carboxylic acids is 1. The van der Waals surface area contributed by atoms with Gasteiger partial charge in [-0.1, -0.05) is 34.6 Å². The SMILES string of the molecule is CC.CC.CCc1ccc(C)s1.N#Cc1cc(-c2ccc(C(=O)O)s2)ccc1O. The Balaban J connectivity index is 0.000000547. The molecule has 29 heavy (non-hydrogen) atoms. The van der Waals surface area contributed by atoms with Gasteiger partial charge in [-0.15, -0.1) is 22.7 Å². The Labute approximate surface area is 181 Å². The molecule has 2 N–H and O–H groups in total. The van der Waals surface area contributed by atoms with Crippen molar-refractivity contribution in [3.05, 3.63) is 62.7 Å². The predicted molar refractivity (Wildman–Crippen MR) is 124 cm³/mol. The quantitative estimate of drug-likeness (QED) is 0.454. The van der Waals surface area contributed by atoms with Crippen molar-refractivity contribution in [2.45, 2.75) is 48.0 Å². The number of hydrogen-bond acceptors (Lipinski definition) is 5. The number of thiophene rings is 2. The molecule has 0 unspecified atom stereocenters. The van der Waals surface area contributed by atoms with Crippen LogP contribution in [-0.4, -0.2) is 16.2 Å². The molecule has 0 aliphatic carbocycles.